The second-order valence-corrected chi connectivity index (χ2v) is 3.39. The molecule has 0 heterocycles. The highest BCUT2D eigenvalue weighted by atomic mass is 19.1. The maximum absolute atomic E-state index is 13.2. The van der Waals surface area contributed by atoms with E-state index in [1.165, 1.54) is 6.07 Å². The van der Waals surface area contributed by atoms with Crippen LogP contribution in [0.2, 0.25) is 0 Å². The van der Waals surface area contributed by atoms with Gasteiger partial charge in [0.05, 0.1) is 13.0 Å². The fourth-order valence-electron chi connectivity index (χ4n) is 1.33. The van der Waals surface area contributed by atoms with Crippen molar-refractivity contribution in [3.63, 3.8) is 0 Å². The van der Waals surface area contributed by atoms with Crippen LogP contribution in [-0.2, 0) is 9.53 Å². The minimum absolute atomic E-state index is 0.246. The maximum atomic E-state index is 13.2. The molecule has 0 saturated heterocycles. The summed E-state index contributed by atoms with van der Waals surface area (Å²) < 4.78 is 17.9. The molecule has 0 aromatic heterocycles. The van der Waals surface area contributed by atoms with E-state index in [9.17, 15) is 9.18 Å². The topological polar surface area (TPSA) is 38.3 Å². The molecular weight excluding hydrogens is 209 g/mol. The predicted octanol–water partition coefficient (Wildman–Crippen LogP) is 2.50. The van der Waals surface area contributed by atoms with E-state index in [4.69, 9.17) is 4.74 Å². The van der Waals surface area contributed by atoms with Crippen molar-refractivity contribution in [1.82, 2.24) is 0 Å². The van der Waals surface area contributed by atoms with Crippen molar-refractivity contribution in [2.45, 2.75) is 20.3 Å². The summed E-state index contributed by atoms with van der Waals surface area (Å²) in [6.07, 6.45) is 0.282. The summed E-state index contributed by atoms with van der Waals surface area (Å²) in [5.74, 6) is -0.495. The van der Waals surface area contributed by atoms with Gasteiger partial charge in [0.25, 0.3) is 0 Å². The quantitative estimate of drug-likeness (QED) is 0.782. The van der Waals surface area contributed by atoms with Crippen molar-refractivity contribution < 1.29 is 13.9 Å². The van der Waals surface area contributed by atoms with E-state index in [0.29, 0.717) is 24.4 Å². The average Bonchev–Trinajstić information content (AvgIpc) is 2.25. The third-order valence-electron chi connectivity index (χ3n) is 2.22. The first kappa shape index (κ1) is 12.5. The fraction of sp³-hybridized carbons (Fsp3) is 0.417. The molecule has 4 heteroatoms. The lowest BCUT2D eigenvalue weighted by Gasteiger charge is -2.09. The fourth-order valence-corrected chi connectivity index (χ4v) is 1.33. The van der Waals surface area contributed by atoms with Gasteiger partial charge in [0.1, 0.15) is 5.82 Å². The zero-order valence-corrected chi connectivity index (χ0v) is 9.55. The van der Waals surface area contributed by atoms with Gasteiger partial charge in [-0.15, -0.1) is 0 Å². The van der Waals surface area contributed by atoms with Crippen molar-refractivity contribution in [3.05, 3.63) is 29.6 Å². The van der Waals surface area contributed by atoms with Gasteiger partial charge in [-0.2, -0.15) is 0 Å². The number of benzene rings is 1. The first-order valence-electron chi connectivity index (χ1n) is 5.29. The minimum atomic E-state index is -0.249. The second kappa shape index (κ2) is 6.10. The maximum Gasteiger partial charge on any atom is 0.307 e. The van der Waals surface area contributed by atoms with Crippen molar-refractivity contribution in [3.8, 4) is 0 Å². The zero-order chi connectivity index (χ0) is 12.0. The molecular formula is C12H16FNO2. The molecule has 0 amide bonds. The van der Waals surface area contributed by atoms with Gasteiger partial charge in [0.15, 0.2) is 0 Å². The Morgan fingerprint density at radius 1 is 1.50 bits per heavy atom. The lowest BCUT2D eigenvalue weighted by Crippen LogP contribution is -2.12. The summed E-state index contributed by atoms with van der Waals surface area (Å²) in [4.78, 5) is 11.0. The standard InChI is InChI=1S/C12H16FNO2/c1-3-16-12(15)7-8-14-11-6-4-5-10(13)9(11)2/h4-6,14H,3,7-8H2,1-2H3. The van der Waals surface area contributed by atoms with Crippen LogP contribution in [0.5, 0.6) is 0 Å². The minimum Gasteiger partial charge on any atom is -0.466 e. The summed E-state index contributed by atoms with van der Waals surface area (Å²) in [6, 6.07) is 4.82. The highest BCUT2D eigenvalue weighted by Gasteiger charge is 2.04. The third-order valence-corrected chi connectivity index (χ3v) is 2.22. The lowest BCUT2D eigenvalue weighted by molar-refractivity contribution is -0.142. The number of esters is 1. The Balaban J connectivity index is 2.43. The number of carbonyl (C=O) groups excluding carboxylic acids is 1. The molecule has 0 spiro atoms. The monoisotopic (exact) mass is 225 g/mol. The summed E-state index contributed by atoms with van der Waals surface area (Å²) in [5, 5.41) is 3.00. The van der Waals surface area contributed by atoms with Crippen LogP contribution in [0, 0.1) is 12.7 Å². The largest absolute Gasteiger partial charge is 0.466 e. The van der Waals surface area contributed by atoms with Gasteiger partial charge in [-0.3, -0.25) is 4.79 Å². The number of ether oxygens (including phenoxy) is 1. The molecule has 0 aliphatic heterocycles. The van der Waals surface area contributed by atoms with E-state index in [2.05, 4.69) is 5.32 Å². The zero-order valence-electron chi connectivity index (χ0n) is 9.55. The molecule has 3 nitrogen and oxygen atoms in total. The Hall–Kier alpha value is -1.58. The molecule has 0 fully saturated rings. The van der Waals surface area contributed by atoms with Crippen LogP contribution in [0.3, 0.4) is 0 Å². The van der Waals surface area contributed by atoms with E-state index in [1.807, 2.05) is 0 Å². The number of rotatable bonds is 5. The molecule has 0 atom stereocenters. The van der Waals surface area contributed by atoms with Gasteiger partial charge in [-0.25, -0.2) is 4.39 Å². The number of hydrogen-bond donors (Lipinski definition) is 1. The van der Waals surface area contributed by atoms with Crippen LogP contribution in [0.4, 0.5) is 10.1 Å². The molecule has 0 saturated carbocycles. The van der Waals surface area contributed by atoms with Crippen LogP contribution in [-0.4, -0.2) is 19.1 Å². The lowest BCUT2D eigenvalue weighted by atomic mass is 10.2. The van der Waals surface area contributed by atoms with Crippen molar-refractivity contribution >= 4 is 11.7 Å². The van der Waals surface area contributed by atoms with Crippen LogP contribution < -0.4 is 5.32 Å². The predicted molar refractivity (Wildman–Crippen MR) is 60.9 cm³/mol. The summed E-state index contributed by atoms with van der Waals surface area (Å²) in [7, 11) is 0. The summed E-state index contributed by atoms with van der Waals surface area (Å²) in [5.41, 5.74) is 1.27. The molecule has 0 bridgehead atoms. The van der Waals surface area contributed by atoms with Gasteiger partial charge in [-0.1, -0.05) is 6.07 Å². The second-order valence-electron chi connectivity index (χ2n) is 3.39. The molecule has 1 aromatic carbocycles. The number of anilines is 1. The number of carbonyl (C=O) groups is 1. The molecule has 0 aliphatic rings. The number of hydrogen-bond acceptors (Lipinski definition) is 3. The van der Waals surface area contributed by atoms with E-state index < -0.39 is 0 Å². The van der Waals surface area contributed by atoms with E-state index in [1.54, 1.807) is 26.0 Å². The summed E-state index contributed by atoms with van der Waals surface area (Å²) in [6.45, 7) is 4.30. The molecule has 1 N–H and O–H groups in total. The van der Waals surface area contributed by atoms with E-state index in [0.717, 1.165) is 0 Å². The number of halogens is 1. The Morgan fingerprint density at radius 2 is 2.25 bits per heavy atom. The van der Waals surface area contributed by atoms with Crippen LogP contribution in [0.25, 0.3) is 0 Å². The van der Waals surface area contributed by atoms with Gasteiger partial charge in [0.2, 0.25) is 0 Å². The highest BCUT2D eigenvalue weighted by Crippen LogP contribution is 2.17. The highest BCUT2D eigenvalue weighted by molar-refractivity contribution is 5.70. The summed E-state index contributed by atoms with van der Waals surface area (Å²) >= 11 is 0. The molecule has 0 unspecified atom stereocenters. The Bertz CT molecular complexity index is 366. The molecule has 1 rings (SSSR count). The molecule has 0 radical (unpaired) electrons. The van der Waals surface area contributed by atoms with Gasteiger partial charge in [-0.05, 0) is 26.0 Å². The Morgan fingerprint density at radius 3 is 2.94 bits per heavy atom. The van der Waals surface area contributed by atoms with Gasteiger partial charge in [0, 0.05) is 17.8 Å². The van der Waals surface area contributed by atoms with Crippen LogP contribution in [0.1, 0.15) is 18.9 Å². The normalized spacial score (nSPS) is 9.94. The molecule has 88 valence electrons. The first-order valence-corrected chi connectivity index (χ1v) is 5.29. The van der Waals surface area contributed by atoms with Gasteiger partial charge >= 0.3 is 5.97 Å². The van der Waals surface area contributed by atoms with E-state index in [-0.39, 0.29) is 18.2 Å². The molecule has 1 aromatic rings. The smallest absolute Gasteiger partial charge is 0.307 e. The van der Waals surface area contributed by atoms with Gasteiger partial charge < -0.3 is 10.1 Å². The van der Waals surface area contributed by atoms with E-state index >= 15 is 0 Å². The Labute approximate surface area is 94.6 Å². The SMILES string of the molecule is CCOC(=O)CCNc1cccc(F)c1C. The first-order chi connectivity index (χ1) is 7.65. The van der Waals surface area contributed by atoms with Crippen molar-refractivity contribution in [2.24, 2.45) is 0 Å². The Kier molecular flexibility index (Phi) is 4.76. The molecule has 0 aliphatic carbocycles. The average molecular weight is 225 g/mol. The third kappa shape index (κ3) is 3.53. The van der Waals surface area contributed by atoms with Crippen molar-refractivity contribution in [1.29, 1.82) is 0 Å². The van der Waals surface area contributed by atoms with Crippen LogP contribution >= 0.6 is 0 Å². The van der Waals surface area contributed by atoms with Crippen molar-refractivity contribution in [2.75, 3.05) is 18.5 Å². The van der Waals surface area contributed by atoms with Crippen LogP contribution in [0.15, 0.2) is 18.2 Å². The molecule has 16 heavy (non-hydrogen) atoms. The number of nitrogens with one attached hydrogen (secondary N) is 1.